The first kappa shape index (κ1) is 9.52. The van der Waals surface area contributed by atoms with Crippen molar-refractivity contribution in [2.24, 2.45) is 0 Å². The highest BCUT2D eigenvalue weighted by molar-refractivity contribution is 7.16. The fourth-order valence-electron chi connectivity index (χ4n) is 1.42. The van der Waals surface area contributed by atoms with Gasteiger partial charge in [0.25, 0.3) is 0 Å². The Morgan fingerprint density at radius 2 is 2.00 bits per heavy atom. The van der Waals surface area contributed by atoms with Gasteiger partial charge in [0, 0.05) is 15.5 Å². The molecule has 0 atom stereocenters. The Hall–Kier alpha value is -1.03. The highest BCUT2D eigenvalue weighted by Gasteiger charge is 2.33. The van der Waals surface area contributed by atoms with Gasteiger partial charge in [-0.2, -0.15) is 13.2 Å². The SMILES string of the molecule is Cc1[c]sc2cccc(C(F)(F)F)c12. The van der Waals surface area contributed by atoms with Crippen LogP contribution in [0.4, 0.5) is 13.2 Å². The minimum absolute atomic E-state index is 0.282. The molecule has 0 fully saturated rings. The quantitative estimate of drug-likeness (QED) is 0.622. The van der Waals surface area contributed by atoms with Crippen molar-refractivity contribution in [3.05, 3.63) is 34.7 Å². The summed E-state index contributed by atoms with van der Waals surface area (Å²) < 4.78 is 38.3. The molecule has 0 aliphatic carbocycles. The molecule has 0 unspecified atom stereocenters. The third-order valence-corrected chi connectivity index (χ3v) is 2.99. The van der Waals surface area contributed by atoms with Gasteiger partial charge in [-0.05, 0) is 24.6 Å². The number of alkyl halides is 3. The molecule has 0 saturated carbocycles. The maximum absolute atomic E-state index is 12.6. The molecule has 0 nitrogen and oxygen atoms in total. The average molecular weight is 215 g/mol. The summed E-state index contributed by atoms with van der Waals surface area (Å²) in [6, 6.07) is 4.21. The van der Waals surface area contributed by atoms with Crippen molar-refractivity contribution in [2.75, 3.05) is 0 Å². The zero-order valence-corrected chi connectivity index (χ0v) is 8.09. The molecule has 1 heterocycles. The zero-order valence-electron chi connectivity index (χ0n) is 7.27. The minimum Gasteiger partial charge on any atom is -0.166 e. The highest BCUT2D eigenvalue weighted by Crippen LogP contribution is 2.38. The number of hydrogen-bond donors (Lipinski definition) is 0. The van der Waals surface area contributed by atoms with Crippen molar-refractivity contribution >= 4 is 21.4 Å². The Labute approximate surface area is 83.0 Å². The maximum atomic E-state index is 12.6. The molecular formula is C10H6F3S. The van der Waals surface area contributed by atoms with Gasteiger partial charge in [-0.25, -0.2) is 0 Å². The van der Waals surface area contributed by atoms with Crippen LogP contribution >= 0.6 is 11.3 Å². The predicted molar refractivity (Wildman–Crippen MR) is 50.4 cm³/mol. The van der Waals surface area contributed by atoms with Gasteiger partial charge in [0.2, 0.25) is 0 Å². The van der Waals surface area contributed by atoms with Crippen LogP contribution in [0.25, 0.3) is 10.1 Å². The Bertz CT molecular complexity index is 468. The number of fused-ring (bicyclic) bond motifs is 1. The van der Waals surface area contributed by atoms with Crippen LogP contribution in [0.3, 0.4) is 0 Å². The molecule has 73 valence electrons. The monoisotopic (exact) mass is 215 g/mol. The fraction of sp³-hybridized carbons (Fsp3) is 0.200. The lowest BCUT2D eigenvalue weighted by Gasteiger charge is -2.08. The average Bonchev–Trinajstić information content (AvgIpc) is 2.46. The van der Waals surface area contributed by atoms with E-state index in [2.05, 4.69) is 5.38 Å². The lowest BCUT2D eigenvalue weighted by atomic mass is 10.1. The molecule has 0 amide bonds. The maximum Gasteiger partial charge on any atom is 0.417 e. The van der Waals surface area contributed by atoms with Crippen molar-refractivity contribution < 1.29 is 13.2 Å². The van der Waals surface area contributed by atoms with E-state index in [1.54, 1.807) is 13.0 Å². The molecule has 0 N–H and O–H groups in total. The summed E-state index contributed by atoms with van der Waals surface area (Å²) in [5.74, 6) is 0. The summed E-state index contributed by atoms with van der Waals surface area (Å²) in [7, 11) is 0. The van der Waals surface area contributed by atoms with Crippen LogP contribution in [-0.4, -0.2) is 0 Å². The van der Waals surface area contributed by atoms with E-state index in [-0.39, 0.29) is 5.39 Å². The van der Waals surface area contributed by atoms with E-state index in [4.69, 9.17) is 0 Å². The van der Waals surface area contributed by atoms with E-state index in [0.717, 1.165) is 6.07 Å². The largest absolute Gasteiger partial charge is 0.417 e. The molecular weight excluding hydrogens is 209 g/mol. The molecule has 0 aliphatic rings. The number of rotatable bonds is 0. The van der Waals surface area contributed by atoms with Crippen LogP contribution in [0.5, 0.6) is 0 Å². The molecule has 2 aromatic rings. The topological polar surface area (TPSA) is 0 Å². The lowest BCUT2D eigenvalue weighted by molar-refractivity contribution is -0.136. The molecule has 0 bridgehead atoms. The minimum atomic E-state index is -4.28. The van der Waals surface area contributed by atoms with E-state index in [0.29, 0.717) is 10.3 Å². The molecule has 1 aromatic carbocycles. The second-order valence-corrected chi connectivity index (χ2v) is 3.85. The highest BCUT2D eigenvalue weighted by atomic mass is 32.1. The standard InChI is InChI=1S/C10H6F3S/c1-6-5-14-8-4-2-3-7(9(6)8)10(11,12)13/h2-4H,1H3. The van der Waals surface area contributed by atoms with Crippen LogP contribution in [0.1, 0.15) is 11.1 Å². The first-order chi connectivity index (χ1) is 6.50. The summed E-state index contributed by atoms with van der Waals surface area (Å²) in [5.41, 5.74) is 0.00271. The Kier molecular flexibility index (Phi) is 2.03. The van der Waals surface area contributed by atoms with E-state index in [1.165, 1.54) is 17.4 Å². The van der Waals surface area contributed by atoms with Crippen molar-refractivity contribution in [3.63, 3.8) is 0 Å². The van der Waals surface area contributed by atoms with E-state index in [9.17, 15) is 13.2 Å². The normalized spacial score (nSPS) is 12.3. The molecule has 14 heavy (non-hydrogen) atoms. The number of halogens is 3. The molecule has 0 saturated heterocycles. The van der Waals surface area contributed by atoms with Crippen molar-refractivity contribution in [3.8, 4) is 0 Å². The third kappa shape index (κ3) is 1.39. The summed E-state index contributed by atoms with van der Waals surface area (Å²) in [6.45, 7) is 1.65. The number of benzene rings is 1. The zero-order chi connectivity index (χ0) is 10.3. The summed E-state index contributed by atoms with van der Waals surface area (Å²) in [5, 5.41) is 3.11. The fourth-order valence-corrected chi connectivity index (χ4v) is 2.30. The van der Waals surface area contributed by atoms with Crippen molar-refractivity contribution in [1.29, 1.82) is 0 Å². The van der Waals surface area contributed by atoms with Crippen LogP contribution in [0.2, 0.25) is 0 Å². The number of thiophene rings is 1. The van der Waals surface area contributed by atoms with E-state index in [1.807, 2.05) is 0 Å². The number of aryl methyl sites for hydroxylation is 1. The van der Waals surface area contributed by atoms with Crippen LogP contribution in [-0.2, 0) is 6.18 Å². The number of hydrogen-bond acceptors (Lipinski definition) is 1. The molecule has 1 radical (unpaired) electrons. The molecule has 4 heteroatoms. The van der Waals surface area contributed by atoms with Gasteiger partial charge in [0.15, 0.2) is 0 Å². The second kappa shape index (κ2) is 2.98. The molecule has 0 spiro atoms. The lowest BCUT2D eigenvalue weighted by Crippen LogP contribution is -2.05. The summed E-state index contributed by atoms with van der Waals surface area (Å²) in [6.07, 6.45) is -4.28. The van der Waals surface area contributed by atoms with Crippen molar-refractivity contribution in [2.45, 2.75) is 13.1 Å². The van der Waals surface area contributed by atoms with Crippen LogP contribution < -0.4 is 0 Å². The summed E-state index contributed by atoms with van der Waals surface area (Å²) in [4.78, 5) is 0. The van der Waals surface area contributed by atoms with E-state index >= 15 is 0 Å². The van der Waals surface area contributed by atoms with Gasteiger partial charge in [-0.1, -0.05) is 6.07 Å². The van der Waals surface area contributed by atoms with Crippen molar-refractivity contribution in [1.82, 2.24) is 0 Å². The Balaban J connectivity index is 2.82. The van der Waals surface area contributed by atoms with Gasteiger partial charge in [-0.15, -0.1) is 11.3 Å². The smallest absolute Gasteiger partial charge is 0.166 e. The van der Waals surface area contributed by atoms with Gasteiger partial charge in [-0.3, -0.25) is 0 Å². The second-order valence-electron chi connectivity index (χ2n) is 3.01. The third-order valence-electron chi connectivity index (χ3n) is 2.02. The first-order valence-corrected chi connectivity index (χ1v) is 4.79. The molecule has 1 aromatic heterocycles. The van der Waals surface area contributed by atoms with Crippen LogP contribution in [0, 0.1) is 12.3 Å². The molecule has 0 aliphatic heterocycles. The van der Waals surface area contributed by atoms with Gasteiger partial charge in [0.1, 0.15) is 0 Å². The van der Waals surface area contributed by atoms with Gasteiger partial charge in [0.05, 0.1) is 5.56 Å². The predicted octanol–water partition coefficient (Wildman–Crippen LogP) is 4.03. The summed E-state index contributed by atoms with van der Waals surface area (Å²) >= 11 is 1.22. The Morgan fingerprint density at radius 3 is 2.64 bits per heavy atom. The molecule has 2 rings (SSSR count). The van der Waals surface area contributed by atoms with Gasteiger partial charge < -0.3 is 0 Å². The first-order valence-electron chi connectivity index (χ1n) is 3.97. The van der Waals surface area contributed by atoms with Gasteiger partial charge >= 0.3 is 6.18 Å². The Morgan fingerprint density at radius 1 is 1.29 bits per heavy atom. The van der Waals surface area contributed by atoms with E-state index < -0.39 is 11.7 Å². The van der Waals surface area contributed by atoms with Crippen LogP contribution in [0.15, 0.2) is 18.2 Å².